The third-order valence-corrected chi connectivity index (χ3v) is 8.21. The van der Waals surface area contributed by atoms with Crippen molar-refractivity contribution in [3.05, 3.63) is 11.9 Å². The van der Waals surface area contributed by atoms with E-state index in [4.69, 9.17) is 52.1 Å². The fourth-order valence-corrected chi connectivity index (χ4v) is 4.70. The zero-order chi connectivity index (χ0) is 43.6. The van der Waals surface area contributed by atoms with Crippen LogP contribution in [0.4, 0.5) is 0 Å². The van der Waals surface area contributed by atoms with Crippen molar-refractivity contribution < 1.29 is 66.5 Å². The third kappa shape index (κ3) is 37.1. The lowest BCUT2D eigenvalue weighted by atomic mass is 9.89. The summed E-state index contributed by atoms with van der Waals surface area (Å²) in [5.74, 6) is 0.209. The highest BCUT2D eigenvalue weighted by Crippen LogP contribution is 2.16. The van der Waals surface area contributed by atoms with Gasteiger partial charge in [-0.3, -0.25) is 14.4 Å². The Bertz CT molecular complexity index is 1160. The largest absolute Gasteiger partial charge is 0.379 e. The monoisotopic (exact) mass is 864 g/mol. The van der Waals surface area contributed by atoms with Gasteiger partial charge in [0.1, 0.15) is 5.78 Å². The molecule has 0 radical (unpaired) electrons. The minimum atomic E-state index is -0.323. The lowest BCUT2D eigenvalue weighted by molar-refractivity contribution is -0.127. The normalized spacial score (nSPS) is 11.7. The lowest BCUT2D eigenvalue weighted by Gasteiger charge is -2.16. The molecule has 19 nitrogen and oxygen atoms in total. The van der Waals surface area contributed by atoms with Crippen molar-refractivity contribution in [2.45, 2.75) is 72.8 Å². The smallest absolute Gasteiger partial charge is 0.220 e. The van der Waals surface area contributed by atoms with Crippen LogP contribution in [0.3, 0.4) is 0 Å². The summed E-state index contributed by atoms with van der Waals surface area (Å²) in [5, 5.41) is 14.0. The molecule has 60 heavy (non-hydrogen) atoms. The number of carbonyl (C=O) groups excluding carboxylic acids is 3. The molecule has 0 bridgehead atoms. The Balaban J connectivity index is 1.77. The summed E-state index contributed by atoms with van der Waals surface area (Å²) in [4.78, 5) is 35.1. The van der Waals surface area contributed by atoms with E-state index in [9.17, 15) is 14.4 Å². The molecule has 0 aliphatic heterocycles. The maximum atomic E-state index is 12.2. The van der Waals surface area contributed by atoms with Gasteiger partial charge in [0.25, 0.3) is 0 Å². The molecule has 19 heteroatoms. The van der Waals surface area contributed by atoms with Gasteiger partial charge in [-0.2, -0.15) is 0 Å². The van der Waals surface area contributed by atoms with Crippen LogP contribution in [0.15, 0.2) is 6.20 Å². The Morgan fingerprint density at radius 1 is 0.517 bits per heavy atom. The molecule has 0 saturated heterocycles. The van der Waals surface area contributed by atoms with Crippen LogP contribution in [0.25, 0.3) is 0 Å². The van der Waals surface area contributed by atoms with Crippen LogP contribution in [-0.2, 0) is 79.5 Å². The van der Waals surface area contributed by atoms with E-state index < -0.39 is 0 Å². The number of hydrogen-bond donors (Lipinski definition) is 2. The Morgan fingerprint density at radius 2 is 0.883 bits per heavy atom. The van der Waals surface area contributed by atoms with Crippen LogP contribution in [0.2, 0.25) is 0 Å². The Kier molecular flexibility index (Phi) is 37.2. The molecular weight excluding hydrogens is 786 g/mol. The Hall–Kier alpha value is -2.69. The van der Waals surface area contributed by atoms with E-state index in [0.717, 1.165) is 12.1 Å². The maximum Gasteiger partial charge on any atom is 0.220 e. The van der Waals surface area contributed by atoms with Crippen LogP contribution in [0.5, 0.6) is 0 Å². The van der Waals surface area contributed by atoms with Crippen LogP contribution in [0.1, 0.15) is 65.5 Å². The molecular formula is C41H77N5O14. The molecule has 1 aromatic rings. The van der Waals surface area contributed by atoms with E-state index in [1.54, 1.807) is 4.68 Å². The number of ketones is 1. The number of Topliss-reactive ketones (excluding diaryl/α,β-unsaturated/α-hetero) is 1. The highest BCUT2D eigenvalue weighted by molar-refractivity contribution is 5.83. The van der Waals surface area contributed by atoms with Crippen molar-refractivity contribution in [3.63, 3.8) is 0 Å². The molecule has 2 amide bonds. The van der Waals surface area contributed by atoms with E-state index >= 15 is 0 Å². The Labute approximate surface area is 357 Å². The second-order valence-electron chi connectivity index (χ2n) is 14.4. The molecule has 1 rings (SSSR count). The van der Waals surface area contributed by atoms with Gasteiger partial charge in [-0.1, -0.05) is 32.9 Å². The molecule has 350 valence electrons. The zero-order valence-electron chi connectivity index (χ0n) is 37.1. The molecule has 0 saturated carbocycles. The fourth-order valence-electron chi connectivity index (χ4n) is 4.70. The summed E-state index contributed by atoms with van der Waals surface area (Å²) in [6, 6.07) is 0. The molecule has 0 fully saturated rings. The molecule has 0 atom stereocenters. The molecule has 1 aromatic heterocycles. The van der Waals surface area contributed by atoms with Crippen LogP contribution < -0.4 is 10.6 Å². The minimum Gasteiger partial charge on any atom is -0.379 e. The zero-order valence-corrected chi connectivity index (χ0v) is 37.1. The number of nitrogens with zero attached hydrogens (tertiary/aromatic N) is 3. The highest BCUT2D eigenvalue weighted by Gasteiger charge is 2.20. The van der Waals surface area contributed by atoms with Crippen molar-refractivity contribution in [1.29, 1.82) is 0 Å². The van der Waals surface area contributed by atoms with Gasteiger partial charge < -0.3 is 62.7 Å². The van der Waals surface area contributed by atoms with Gasteiger partial charge in [-0.25, -0.2) is 4.68 Å². The van der Waals surface area contributed by atoms with Crippen molar-refractivity contribution in [2.75, 3.05) is 158 Å². The third-order valence-electron chi connectivity index (χ3n) is 8.21. The van der Waals surface area contributed by atoms with Crippen LogP contribution >= 0.6 is 0 Å². The van der Waals surface area contributed by atoms with E-state index in [-0.39, 0.29) is 23.0 Å². The van der Waals surface area contributed by atoms with Crippen molar-refractivity contribution in [2.24, 2.45) is 5.41 Å². The molecule has 0 aromatic carbocycles. The molecule has 0 unspecified atom stereocenters. The molecule has 0 spiro atoms. The molecule has 0 aliphatic carbocycles. The minimum absolute atomic E-state index is 0.0382. The Morgan fingerprint density at radius 3 is 1.28 bits per heavy atom. The van der Waals surface area contributed by atoms with E-state index in [1.807, 2.05) is 33.9 Å². The summed E-state index contributed by atoms with van der Waals surface area (Å²) in [7, 11) is 0. The van der Waals surface area contributed by atoms with Crippen molar-refractivity contribution in [1.82, 2.24) is 25.6 Å². The number of carbonyl (C=O) groups is 3. The van der Waals surface area contributed by atoms with Crippen molar-refractivity contribution in [3.8, 4) is 0 Å². The summed E-state index contributed by atoms with van der Waals surface area (Å²) in [5.41, 5.74) is 0.430. The quantitative estimate of drug-likeness (QED) is 0.0897. The average molecular weight is 864 g/mol. The first-order valence-electron chi connectivity index (χ1n) is 21.5. The van der Waals surface area contributed by atoms with Gasteiger partial charge in [-0.05, 0) is 12.8 Å². The number of ether oxygens (including phenoxy) is 11. The number of aryl methyl sites for hydroxylation is 1. The van der Waals surface area contributed by atoms with E-state index in [2.05, 4.69) is 20.9 Å². The standard InChI is InChI=1S/C41H77N5O14/c1-5-39(48)42-11-6-14-50-18-22-54-23-19-51-15-7-12-43-40(49)9-8-37-36-46(45-44-37)13-17-53-21-25-56-27-29-58-31-33-60-35-34-59-32-30-57-28-26-55-24-20-52-16-10-38(47)41(2,3)4/h36H,5-35H2,1-4H3,(H,42,48)(H,43,49). The molecule has 2 N–H and O–H groups in total. The summed E-state index contributed by atoms with van der Waals surface area (Å²) >= 11 is 0. The summed E-state index contributed by atoms with van der Waals surface area (Å²) in [6.45, 7) is 19.9. The van der Waals surface area contributed by atoms with Gasteiger partial charge in [0.2, 0.25) is 11.8 Å². The maximum absolute atomic E-state index is 12.2. The lowest BCUT2D eigenvalue weighted by Crippen LogP contribution is -2.25. The second-order valence-corrected chi connectivity index (χ2v) is 14.4. The average Bonchev–Trinajstić information content (AvgIpc) is 3.69. The predicted molar refractivity (Wildman–Crippen MR) is 222 cm³/mol. The summed E-state index contributed by atoms with van der Waals surface area (Å²) < 4.78 is 62.2. The fraction of sp³-hybridized carbons (Fsp3) is 0.878. The van der Waals surface area contributed by atoms with Crippen LogP contribution in [0, 0.1) is 5.41 Å². The molecule has 1 heterocycles. The van der Waals surface area contributed by atoms with Gasteiger partial charge in [0, 0.05) is 63.6 Å². The van der Waals surface area contributed by atoms with Gasteiger partial charge in [0.15, 0.2) is 0 Å². The highest BCUT2D eigenvalue weighted by atomic mass is 16.6. The topological polar surface area (TPSA) is 208 Å². The predicted octanol–water partition coefficient (Wildman–Crippen LogP) is 1.82. The van der Waals surface area contributed by atoms with Gasteiger partial charge in [0.05, 0.1) is 144 Å². The van der Waals surface area contributed by atoms with Gasteiger partial charge in [-0.15, -0.1) is 5.10 Å². The van der Waals surface area contributed by atoms with Crippen molar-refractivity contribution >= 4 is 17.6 Å². The van der Waals surface area contributed by atoms with Crippen LogP contribution in [-0.4, -0.2) is 191 Å². The number of aromatic nitrogens is 3. The number of nitrogens with one attached hydrogen (secondary N) is 2. The first kappa shape index (κ1) is 55.3. The number of amides is 2. The molecule has 0 aliphatic rings. The second kappa shape index (κ2) is 40.4. The number of hydrogen-bond acceptors (Lipinski definition) is 16. The first-order chi connectivity index (χ1) is 29.2. The van der Waals surface area contributed by atoms with E-state index in [1.165, 1.54) is 0 Å². The van der Waals surface area contributed by atoms with Gasteiger partial charge >= 0.3 is 0 Å². The van der Waals surface area contributed by atoms with E-state index in [0.29, 0.717) is 197 Å². The first-order valence-corrected chi connectivity index (χ1v) is 21.5. The summed E-state index contributed by atoms with van der Waals surface area (Å²) in [6.07, 6.45) is 5.08. The number of rotatable bonds is 45. The SMILES string of the molecule is CCC(=O)NCCCOCCOCCOCCCNC(=O)CCc1cn(CCOCCOCCOCCOCCOCCOCCOCCOCCC(=O)C(C)(C)C)nn1.